The monoisotopic (exact) mass is 187 g/mol. The highest BCUT2D eigenvalue weighted by Gasteiger charge is 2.20. The number of likely N-dealkylation sites (N-methyl/N-ethyl adjacent to an activating group) is 1. The Balaban J connectivity index is 2.31. The zero-order valence-electron chi connectivity index (χ0n) is 8.49. The second-order valence-electron chi connectivity index (χ2n) is 3.46. The van der Waals surface area contributed by atoms with Crippen molar-refractivity contribution in [2.75, 3.05) is 47.3 Å². The SMILES string of the molecule is CN1CCN(C(=O)ON(C)C)CC1. The lowest BCUT2D eigenvalue weighted by Gasteiger charge is -2.31. The number of carbonyl (C=O) groups excluding carboxylic acids is 1. The molecule has 1 aliphatic heterocycles. The van der Waals surface area contributed by atoms with Crippen LogP contribution in [0, 0.1) is 0 Å². The van der Waals surface area contributed by atoms with Gasteiger partial charge in [0.2, 0.25) is 0 Å². The number of nitrogens with zero attached hydrogens (tertiary/aromatic N) is 3. The number of amides is 1. The molecule has 5 nitrogen and oxygen atoms in total. The molecule has 0 bridgehead atoms. The highest BCUT2D eigenvalue weighted by atomic mass is 16.7. The Labute approximate surface area is 78.8 Å². The lowest BCUT2D eigenvalue weighted by Crippen LogP contribution is -2.48. The maximum Gasteiger partial charge on any atom is 0.429 e. The average molecular weight is 187 g/mol. The minimum atomic E-state index is -0.252. The van der Waals surface area contributed by atoms with Gasteiger partial charge in [-0.3, -0.25) is 0 Å². The molecule has 1 saturated heterocycles. The first-order valence-electron chi connectivity index (χ1n) is 4.42. The number of hydroxylamine groups is 2. The second kappa shape index (κ2) is 4.43. The minimum Gasteiger partial charge on any atom is -0.351 e. The van der Waals surface area contributed by atoms with Crippen molar-refractivity contribution in [2.24, 2.45) is 0 Å². The zero-order chi connectivity index (χ0) is 9.84. The standard InChI is InChI=1S/C8H17N3O2/c1-9(2)13-8(12)11-6-4-10(3)5-7-11/h4-7H2,1-3H3. The summed E-state index contributed by atoms with van der Waals surface area (Å²) in [5.41, 5.74) is 0. The van der Waals surface area contributed by atoms with Crippen molar-refractivity contribution < 1.29 is 9.63 Å². The van der Waals surface area contributed by atoms with Crippen LogP contribution in [0.5, 0.6) is 0 Å². The van der Waals surface area contributed by atoms with Crippen LogP contribution in [-0.4, -0.2) is 68.3 Å². The number of rotatable bonds is 1. The summed E-state index contributed by atoms with van der Waals surface area (Å²) >= 11 is 0. The topological polar surface area (TPSA) is 36.0 Å². The Bertz CT molecular complexity index is 176. The molecule has 0 aliphatic carbocycles. The highest BCUT2D eigenvalue weighted by Crippen LogP contribution is 2.01. The quantitative estimate of drug-likeness (QED) is 0.535. The van der Waals surface area contributed by atoms with E-state index in [1.807, 2.05) is 0 Å². The number of hydrogen-bond acceptors (Lipinski definition) is 4. The van der Waals surface area contributed by atoms with E-state index in [2.05, 4.69) is 11.9 Å². The van der Waals surface area contributed by atoms with Crippen LogP contribution in [0.25, 0.3) is 0 Å². The summed E-state index contributed by atoms with van der Waals surface area (Å²) in [6.45, 7) is 3.34. The Morgan fingerprint density at radius 2 is 1.77 bits per heavy atom. The van der Waals surface area contributed by atoms with Crippen molar-refractivity contribution in [3.63, 3.8) is 0 Å². The average Bonchev–Trinajstić information content (AvgIpc) is 2.04. The van der Waals surface area contributed by atoms with Gasteiger partial charge in [-0.15, -0.1) is 5.06 Å². The van der Waals surface area contributed by atoms with E-state index < -0.39 is 0 Å². The van der Waals surface area contributed by atoms with Crippen LogP contribution in [0.3, 0.4) is 0 Å². The normalized spacial score (nSPS) is 19.2. The van der Waals surface area contributed by atoms with E-state index in [4.69, 9.17) is 4.84 Å². The van der Waals surface area contributed by atoms with Gasteiger partial charge in [0, 0.05) is 40.3 Å². The summed E-state index contributed by atoms with van der Waals surface area (Å²) < 4.78 is 0. The molecule has 5 heteroatoms. The Hall–Kier alpha value is -0.810. The van der Waals surface area contributed by atoms with Gasteiger partial charge in [0.1, 0.15) is 0 Å². The first-order valence-corrected chi connectivity index (χ1v) is 4.42. The van der Waals surface area contributed by atoms with Crippen LogP contribution in [-0.2, 0) is 4.84 Å². The van der Waals surface area contributed by atoms with E-state index >= 15 is 0 Å². The van der Waals surface area contributed by atoms with Crippen molar-refractivity contribution in [1.29, 1.82) is 0 Å². The number of piperazine rings is 1. The van der Waals surface area contributed by atoms with Gasteiger partial charge in [-0.1, -0.05) is 0 Å². The molecule has 0 radical (unpaired) electrons. The maximum absolute atomic E-state index is 11.4. The molecule has 13 heavy (non-hydrogen) atoms. The van der Waals surface area contributed by atoms with Crippen LogP contribution in [0.15, 0.2) is 0 Å². The third kappa shape index (κ3) is 3.20. The van der Waals surface area contributed by atoms with E-state index in [0.717, 1.165) is 26.2 Å². The first-order chi connectivity index (χ1) is 6.09. The van der Waals surface area contributed by atoms with E-state index in [1.54, 1.807) is 19.0 Å². The molecule has 0 aromatic heterocycles. The summed E-state index contributed by atoms with van der Waals surface area (Å²) in [6, 6.07) is 0. The summed E-state index contributed by atoms with van der Waals surface area (Å²) in [7, 11) is 5.45. The lowest BCUT2D eigenvalue weighted by molar-refractivity contribution is -0.0745. The van der Waals surface area contributed by atoms with Gasteiger partial charge in [-0.2, -0.15) is 0 Å². The highest BCUT2D eigenvalue weighted by molar-refractivity contribution is 5.67. The number of hydrogen-bond donors (Lipinski definition) is 0. The first kappa shape index (κ1) is 10.3. The summed E-state index contributed by atoms with van der Waals surface area (Å²) in [5, 5.41) is 1.42. The Morgan fingerprint density at radius 1 is 1.23 bits per heavy atom. The van der Waals surface area contributed by atoms with Crippen LogP contribution in [0.1, 0.15) is 0 Å². The van der Waals surface area contributed by atoms with Crippen molar-refractivity contribution in [1.82, 2.24) is 14.9 Å². The van der Waals surface area contributed by atoms with Gasteiger partial charge in [0.25, 0.3) is 0 Å². The van der Waals surface area contributed by atoms with Gasteiger partial charge < -0.3 is 14.6 Å². The van der Waals surface area contributed by atoms with E-state index in [1.165, 1.54) is 5.06 Å². The van der Waals surface area contributed by atoms with Gasteiger partial charge in [-0.25, -0.2) is 4.79 Å². The van der Waals surface area contributed by atoms with Gasteiger partial charge in [0.05, 0.1) is 0 Å². The molecule has 1 aliphatic rings. The largest absolute Gasteiger partial charge is 0.429 e. The zero-order valence-corrected chi connectivity index (χ0v) is 8.49. The minimum absolute atomic E-state index is 0.252. The molecule has 0 unspecified atom stereocenters. The third-order valence-electron chi connectivity index (χ3n) is 2.02. The third-order valence-corrected chi connectivity index (χ3v) is 2.02. The van der Waals surface area contributed by atoms with Crippen molar-refractivity contribution in [3.8, 4) is 0 Å². The molecule has 1 heterocycles. The van der Waals surface area contributed by atoms with Crippen LogP contribution >= 0.6 is 0 Å². The second-order valence-corrected chi connectivity index (χ2v) is 3.46. The number of carbonyl (C=O) groups is 1. The van der Waals surface area contributed by atoms with E-state index in [9.17, 15) is 4.79 Å². The van der Waals surface area contributed by atoms with Gasteiger partial charge >= 0.3 is 6.09 Å². The molecule has 0 aromatic carbocycles. The summed E-state index contributed by atoms with van der Waals surface area (Å²) in [6.07, 6.45) is -0.252. The fraction of sp³-hybridized carbons (Fsp3) is 0.875. The molecule has 1 amide bonds. The molecule has 1 rings (SSSR count). The molecule has 76 valence electrons. The molecule has 0 atom stereocenters. The lowest BCUT2D eigenvalue weighted by atomic mass is 10.3. The van der Waals surface area contributed by atoms with Gasteiger partial charge in [0.15, 0.2) is 0 Å². The van der Waals surface area contributed by atoms with Crippen LogP contribution in [0.4, 0.5) is 4.79 Å². The van der Waals surface area contributed by atoms with E-state index in [0.29, 0.717) is 0 Å². The molecular formula is C8H17N3O2. The summed E-state index contributed by atoms with van der Waals surface area (Å²) in [4.78, 5) is 20.2. The molecule has 0 aromatic rings. The maximum atomic E-state index is 11.4. The van der Waals surface area contributed by atoms with Crippen LogP contribution in [0.2, 0.25) is 0 Å². The molecular weight excluding hydrogens is 170 g/mol. The van der Waals surface area contributed by atoms with Crippen LogP contribution < -0.4 is 0 Å². The molecule has 1 fully saturated rings. The smallest absolute Gasteiger partial charge is 0.351 e. The fourth-order valence-corrected chi connectivity index (χ4v) is 1.20. The molecule has 0 saturated carbocycles. The molecule has 0 N–H and O–H groups in total. The molecule has 0 spiro atoms. The van der Waals surface area contributed by atoms with Crippen molar-refractivity contribution >= 4 is 6.09 Å². The predicted molar refractivity (Wildman–Crippen MR) is 49.2 cm³/mol. The summed E-state index contributed by atoms with van der Waals surface area (Å²) in [5.74, 6) is 0. The Kier molecular flexibility index (Phi) is 3.50. The predicted octanol–water partition coefficient (Wildman–Crippen LogP) is -0.153. The Morgan fingerprint density at radius 3 is 2.23 bits per heavy atom. The fourth-order valence-electron chi connectivity index (χ4n) is 1.20. The van der Waals surface area contributed by atoms with Crippen molar-refractivity contribution in [2.45, 2.75) is 0 Å². The van der Waals surface area contributed by atoms with Crippen molar-refractivity contribution in [3.05, 3.63) is 0 Å². The van der Waals surface area contributed by atoms with E-state index in [-0.39, 0.29) is 6.09 Å². The van der Waals surface area contributed by atoms with Gasteiger partial charge in [-0.05, 0) is 7.05 Å².